The van der Waals surface area contributed by atoms with E-state index in [2.05, 4.69) is 15.2 Å². The van der Waals surface area contributed by atoms with Gasteiger partial charge in [0.25, 0.3) is 5.91 Å². The van der Waals surface area contributed by atoms with E-state index in [1.807, 2.05) is 66.7 Å². The Morgan fingerprint density at radius 3 is 2.64 bits per heavy atom. The number of H-pyrrole nitrogens is 1. The van der Waals surface area contributed by atoms with Gasteiger partial charge in [-0.15, -0.1) is 0 Å². The number of benzene rings is 3. The number of aromatic nitrogens is 3. The molecule has 1 N–H and O–H groups in total. The molecular weight excluding hydrogens is 471 g/mol. The summed E-state index contributed by atoms with van der Waals surface area (Å²) in [5.41, 5.74) is 3.65. The number of nitrogens with one attached hydrogen (secondary N) is 1. The van der Waals surface area contributed by atoms with Crippen LogP contribution in [0.2, 0.25) is 0 Å². The number of amides is 1. The third kappa shape index (κ3) is 5.21. The van der Waals surface area contributed by atoms with Crippen molar-refractivity contribution in [2.45, 2.75) is 16.3 Å². The normalized spacial score (nSPS) is 11.3. The highest BCUT2D eigenvalue weighted by atomic mass is 32.2. The molecule has 5 aromatic rings. The first-order chi connectivity index (χ1) is 17.6. The van der Waals surface area contributed by atoms with Crippen molar-refractivity contribution in [3.05, 3.63) is 119 Å². The highest BCUT2D eigenvalue weighted by Crippen LogP contribution is 2.33. The van der Waals surface area contributed by atoms with Crippen LogP contribution in [0.15, 0.2) is 101 Å². The summed E-state index contributed by atoms with van der Waals surface area (Å²) >= 11 is 1.51. The highest BCUT2D eigenvalue weighted by molar-refractivity contribution is 7.99. The molecule has 0 aliphatic heterocycles. The molecule has 0 saturated carbocycles. The number of aromatic amines is 1. The zero-order valence-electron chi connectivity index (χ0n) is 19.6. The van der Waals surface area contributed by atoms with E-state index < -0.39 is 0 Å². The van der Waals surface area contributed by atoms with Gasteiger partial charge in [-0.25, -0.2) is 4.39 Å². The average molecular weight is 495 g/mol. The SMILES string of the molecule is CN(Cc1ccccc1F)C(=O)c1ccccc1Sc1ccc2c(/C=C/c3ccccn3)n[nH]c2c1. The van der Waals surface area contributed by atoms with Gasteiger partial charge in [-0.3, -0.25) is 14.9 Å². The molecule has 36 heavy (non-hydrogen) atoms. The first-order valence-electron chi connectivity index (χ1n) is 11.4. The van der Waals surface area contributed by atoms with Crippen molar-refractivity contribution < 1.29 is 9.18 Å². The van der Waals surface area contributed by atoms with Gasteiger partial charge in [-0.05, 0) is 60.7 Å². The second-order valence-electron chi connectivity index (χ2n) is 8.26. The minimum atomic E-state index is -0.318. The van der Waals surface area contributed by atoms with E-state index in [1.165, 1.54) is 22.7 Å². The van der Waals surface area contributed by atoms with Gasteiger partial charge in [0.2, 0.25) is 0 Å². The molecule has 5 nitrogen and oxygen atoms in total. The summed E-state index contributed by atoms with van der Waals surface area (Å²) in [6.07, 6.45) is 5.62. The number of hydrogen-bond acceptors (Lipinski definition) is 4. The van der Waals surface area contributed by atoms with Crippen LogP contribution in [0.3, 0.4) is 0 Å². The lowest BCUT2D eigenvalue weighted by molar-refractivity contribution is 0.0780. The highest BCUT2D eigenvalue weighted by Gasteiger charge is 2.18. The summed E-state index contributed by atoms with van der Waals surface area (Å²) in [4.78, 5) is 20.9. The molecule has 178 valence electrons. The van der Waals surface area contributed by atoms with Crippen molar-refractivity contribution in [3.8, 4) is 0 Å². The number of hydrogen-bond donors (Lipinski definition) is 1. The molecule has 0 saturated heterocycles. The van der Waals surface area contributed by atoms with Gasteiger partial charge in [0.05, 0.1) is 22.5 Å². The number of nitrogens with zero attached hydrogens (tertiary/aromatic N) is 3. The molecule has 0 unspecified atom stereocenters. The molecule has 0 aliphatic carbocycles. The molecule has 0 atom stereocenters. The fraction of sp³-hybridized carbons (Fsp3) is 0.0690. The smallest absolute Gasteiger partial charge is 0.255 e. The summed E-state index contributed by atoms with van der Waals surface area (Å²) in [5, 5.41) is 8.53. The standard InChI is InChI=1S/C29H23FN4OS/c1-34(19-20-8-2-4-11-25(20)30)29(35)24-10-3-5-12-28(24)36-22-14-15-23-26(32-33-27(23)18-22)16-13-21-9-6-7-17-31-21/h2-18H,19H2,1H3,(H,32,33)/b16-13+. The third-order valence-corrected chi connectivity index (χ3v) is 6.79. The lowest BCUT2D eigenvalue weighted by Gasteiger charge is -2.19. The van der Waals surface area contributed by atoms with Crippen LogP contribution < -0.4 is 0 Å². The van der Waals surface area contributed by atoms with E-state index in [9.17, 15) is 9.18 Å². The van der Waals surface area contributed by atoms with E-state index in [0.717, 1.165) is 32.1 Å². The molecule has 2 heterocycles. The van der Waals surface area contributed by atoms with E-state index in [4.69, 9.17) is 0 Å². The maximum atomic E-state index is 14.1. The first kappa shape index (κ1) is 23.5. The van der Waals surface area contributed by atoms with Crippen molar-refractivity contribution in [1.82, 2.24) is 20.1 Å². The van der Waals surface area contributed by atoms with Crippen molar-refractivity contribution in [2.24, 2.45) is 0 Å². The van der Waals surface area contributed by atoms with E-state index >= 15 is 0 Å². The predicted molar refractivity (Wildman–Crippen MR) is 142 cm³/mol. The van der Waals surface area contributed by atoms with Crippen LogP contribution in [0, 0.1) is 5.82 Å². The number of pyridine rings is 1. The Labute approximate surface area is 212 Å². The van der Waals surface area contributed by atoms with Crippen LogP contribution >= 0.6 is 11.8 Å². The van der Waals surface area contributed by atoms with Crippen LogP contribution in [0.1, 0.15) is 27.3 Å². The van der Waals surface area contributed by atoms with Gasteiger partial charge in [-0.1, -0.05) is 48.2 Å². The Hall–Kier alpha value is -4.23. The first-order valence-corrected chi connectivity index (χ1v) is 12.2. The van der Waals surface area contributed by atoms with Gasteiger partial charge in [0.1, 0.15) is 5.82 Å². The summed E-state index contributed by atoms with van der Waals surface area (Å²) in [5.74, 6) is -0.479. The summed E-state index contributed by atoms with van der Waals surface area (Å²) in [6, 6.07) is 25.8. The molecule has 3 aromatic carbocycles. The Bertz CT molecular complexity index is 1550. The Morgan fingerprint density at radius 2 is 1.81 bits per heavy atom. The number of carbonyl (C=O) groups is 1. The monoisotopic (exact) mass is 494 g/mol. The second kappa shape index (κ2) is 10.6. The summed E-state index contributed by atoms with van der Waals surface area (Å²) < 4.78 is 14.1. The zero-order chi connectivity index (χ0) is 24.9. The number of fused-ring (bicyclic) bond motifs is 1. The maximum absolute atomic E-state index is 14.1. The Kier molecular flexibility index (Phi) is 6.91. The lowest BCUT2D eigenvalue weighted by Crippen LogP contribution is -2.27. The molecule has 7 heteroatoms. The van der Waals surface area contributed by atoms with Crippen molar-refractivity contribution >= 4 is 40.7 Å². The van der Waals surface area contributed by atoms with Gasteiger partial charge in [0.15, 0.2) is 0 Å². The maximum Gasteiger partial charge on any atom is 0.255 e. The van der Waals surface area contributed by atoms with Gasteiger partial charge in [0, 0.05) is 40.5 Å². The Morgan fingerprint density at radius 1 is 1.00 bits per heavy atom. The van der Waals surface area contributed by atoms with Crippen molar-refractivity contribution in [2.75, 3.05) is 7.05 Å². The van der Waals surface area contributed by atoms with Gasteiger partial charge < -0.3 is 4.90 Å². The zero-order valence-corrected chi connectivity index (χ0v) is 20.4. The Balaban J connectivity index is 1.35. The fourth-order valence-electron chi connectivity index (χ4n) is 3.87. The number of carbonyl (C=O) groups excluding carboxylic acids is 1. The van der Waals surface area contributed by atoms with Gasteiger partial charge in [-0.2, -0.15) is 5.10 Å². The molecule has 0 radical (unpaired) electrons. The van der Waals surface area contributed by atoms with E-state index in [0.29, 0.717) is 11.1 Å². The number of rotatable bonds is 7. The lowest BCUT2D eigenvalue weighted by atomic mass is 10.1. The summed E-state index contributed by atoms with van der Waals surface area (Å²) in [6.45, 7) is 0.194. The van der Waals surface area contributed by atoms with Crippen molar-refractivity contribution in [3.63, 3.8) is 0 Å². The average Bonchev–Trinajstić information content (AvgIpc) is 3.31. The number of halogens is 1. The van der Waals surface area contributed by atoms with E-state index in [-0.39, 0.29) is 18.3 Å². The molecule has 2 aromatic heterocycles. The topological polar surface area (TPSA) is 61.9 Å². The van der Waals surface area contributed by atoms with Crippen LogP contribution in [0.5, 0.6) is 0 Å². The molecule has 0 spiro atoms. The second-order valence-corrected chi connectivity index (χ2v) is 9.37. The molecular formula is C29H23FN4OS. The van der Waals surface area contributed by atoms with Crippen LogP contribution in [-0.4, -0.2) is 33.0 Å². The fourth-order valence-corrected chi connectivity index (χ4v) is 4.85. The quantitative estimate of drug-likeness (QED) is 0.274. The van der Waals surface area contributed by atoms with Gasteiger partial charge >= 0.3 is 0 Å². The molecule has 0 aliphatic rings. The molecule has 0 fully saturated rings. The largest absolute Gasteiger partial charge is 0.337 e. The van der Waals surface area contributed by atoms with Crippen LogP contribution in [-0.2, 0) is 6.54 Å². The molecule has 0 bridgehead atoms. The predicted octanol–water partition coefficient (Wildman–Crippen LogP) is 6.69. The van der Waals surface area contributed by atoms with Crippen LogP contribution in [0.4, 0.5) is 4.39 Å². The molecule has 5 rings (SSSR count). The summed E-state index contributed by atoms with van der Waals surface area (Å²) in [7, 11) is 1.69. The third-order valence-electron chi connectivity index (χ3n) is 5.72. The molecule has 1 amide bonds. The minimum absolute atomic E-state index is 0.161. The minimum Gasteiger partial charge on any atom is -0.337 e. The van der Waals surface area contributed by atoms with Crippen LogP contribution in [0.25, 0.3) is 23.1 Å². The van der Waals surface area contributed by atoms with E-state index in [1.54, 1.807) is 37.5 Å². The van der Waals surface area contributed by atoms with Crippen molar-refractivity contribution in [1.29, 1.82) is 0 Å².